The Morgan fingerprint density at radius 2 is 1.52 bits per heavy atom. The molecule has 0 aromatic heterocycles. The van der Waals surface area contributed by atoms with Crippen LogP contribution in [0.1, 0.15) is 26.3 Å². The third kappa shape index (κ3) is 5.28. The Hall–Kier alpha value is -0.936. The molecule has 0 fully saturated rings. The van der Waals surface area contributed by atoms with E-state index in [1.54, 1.807) is 0 Å². The van der Waals surface area contributed by atoms with Gasteiger partial charge in [-0.05, 0) is 43.3 Å². The molecule has 1 aromatic rings. The molecule has 0 N–H and O–H groups in total. The summed E-state index contributed by atoms with van der Waals surface area (Å²) in [5.74, 6) is 0. The second-order valence-corrected chi connectivity index (χ2v) is 17.8. The van der Waals surface area contributed by atoms with Crippen molar-refractivity contribution >= 4 is 16.6 Å². The first kappa shape index (κ1) is 20.1. The third-order valence-electron chi connectivity index (χ3n) is 4.34. The van der Waals surface area contributed by atoms with Gasteiger partial charge in [-0.3, -0.25) is 0 Å². The number of nitrogens with zero attached hydrogens (tertiary/aromatic N) is 1. The van der Waals surface area contributed by atoms with Crippen LogP contribution in [0.25, 0.3) is 0 Å². The molecule has 1 aromatic carbocycles. The summed E-state index contributed by atoms with van der Waals surface area (Å²) in [6.07, 6.45) is 0. The van der Waals surface area contributed by atoms with Crippen LogP contribution in [0.4, 0.5) is 0 Å². The fourth-order valence-electron chi connectivity index (χ4n) is 2.02. The van der Waals surface area contributed by atoms with Crippen LogP contribution >= 0.6 is 0 Å². The lowest BCUT2D eigenvalue weighted by atomic mass is 9.97. The zero-order valence-corrected chi connectivity index (χ0v) is 17.9. The molecule has 1 rings (SSSR count). The fourth-order valence-corrected chi connectivity index (χ4v) is 4.28. The molecule has 0 aliphatic heterocycles. The summed E-state index contributed by atoms with van der Waals surface area (Å²) < 4.78 is 12.7. The molecule has 0 saturated heterocycles. The van der Waals surface area contributed by atoms with E-state index in [1.165, 1.54) is 0 Å². The summed E-state index contributed by atoms with van der Waals surface area (Å²) in [6.45, 7) is 17.6. The monoisotopic (exact) mass is 349 g/mol. The zero-order chi connectivity index (χ0) is 17.9. The molecule has 0 spiro atoms. The van der Waals surface area contributed by atoms with Crippen LogP contribution in [0.5, 0.6) is 0 Å². The molecular formula is C18H31NO2Si2. The van der Waals surface area contributed by atoms with Gasteiger partial charge in [-0.1, -0.05) is 51.1 Å². The molecule has 128 valence electrons. The largest absolute Gasteiger partial charge is 0.412 e. The summed E-state index contributed by atoms with van der Waals surface area (Å²) in [4.78, 5) is 0. The Bertz CT molecular complexity index is 553. The first-order valence-electron chi connectivity index (χ1n) is 8.14. The van der Waals surface area contributed by atoms with Crippen molar-refractivity contribution < 1.29 is 8.85 Å². The average molecular weight is 350 g/mol. The molecule has 0 heterocycles. The Morgan fingerprint density at radius 3 is 1.91 bits per heavy atom. The second kappa shape index (κ2) is 6.90. The molecular weight excluding hydrogens is 318 g/mol. The van der Waals surface area contributed by atoms with Crippen LogP contribution in [0.3, 0.4) is 0 Å². The van der Waals surface area contributed by atoms with Crippen molar-refractivity contribution in [3.63, 3.8) is 0 Å². The Balaban J connectivity index is 3.18. The van der Waals surface area contributed by atoms with Crippen molar-refractivity contribution in [2.45, 2.75) is 64.1 Å². The van der Waals surface area contributed by atoms with Gasteiger partial charge in [0.05, 0.1) is 6.61 Å². The minimum absolute atomic E-state index is 0.101. The quantitative estimate of drug-likeness (QED) is 0.656. The summed E-state index contributed by atoms with van der Waals surface area (Å²) in [7, 11) is -3.88. The van der Waals surface area contributed by atoms with E-state index in [0.717, 1.165) is 5.56 Å². The topological polar surface area (TPSA) is 42.2 Å². The van der Waals surface area contributed by atoms with Crippen molar-refractivity contribution in [2.75, 3.05) is 6.61 Å². The van der Waals surface area contributed by atoms with Crippen molar-refractivity contribution in [2.24, 2.45) is 0 Å². The lowest BCUT2D eigenvalue weighted by Crippen LogP contribution is -2.48. The molecule has 5 heteroatoms. The van der Waals surface area contributed by atoms with E-state index in [9.17, 15) is 5.26 Å². The summed E-state index contributed by atoms with van der Waals surface area (Å²) in [5, 5.41) is 10.1. The van der Waals surface area contributed by atoms with Crippen molar-refractivity contribution in [3.8, 4) is 6.07 Å². The lowest BCUT2D eigenvalue weighted by molar-refractivity contribution is 0.0525. The highest BCUT2D eigenvalue weighted by atomic mass is 28.4. The Morgan fingerprint density at radius 1 is 1.00 bits per heavy atom. The minimum Gasteiger partial charge on any atom is -0.412 e. The highest BCUT2D eigenvalue weighted by Gasteiger charge is 2.43. The maximum Gasteiger partial charge on any atom is 0.192 e. The van der Waals surface area contributed by atoms with Crippen molar-refractivity contribution in [3.05, 3.63) is 35.9 Å². The molecule has 0 aliphatic carbocycles. The van der Waals surface area contributed by atoms with Gasteiger partial charge < -0.3 is 8.85 Å². The predicted molar refractivity (Wildman–Crippen MR) is 101 cm³/mol. The van der Waals surface area contributed by atoms with E-state index >= 15 is 0 Å². The third-order valence-corrected chi connectivity index (χ3v) is 9.78. The lowest BCUT2D eigenvalue weighted by Gasteiger charge is -2.40. The number of rotatable bonds is 6. The number of hydrogen-bond donors (Lipinski definition) is 0. The van der Waals surface area contributed by atoms with Gasteiger partial charge in [-0.15, -0.1) is 0 Å². The highest BCUT2D eigenvalue weighted by Crippen LogP contribution is 2.39. The maximum atomic E-state index is 9.98. The molecule has 23 heavy (non-hydrogen) atoms. The minimum atomic E-state index is -1.95. The zero-order valence-electron chi connectivity index (χ0n) is 15.9. The molecule has 0 unspecified atom stereocenters. The molecule has 1 atom stereocenters. The molecule has 0 saturated carbocycles. The van der Waals surface area contributed by atoms with E-state index in [1.807, 2.05) is 30.3 Å². The maximum absolute atomic E-state index is 9.98. The summed E-state index contributed by atoms with van der Waals surface area (Å²) >= 11 is 0. The Labute approximate surface area is 143 Å². The second-order valence-electron chi connectivity index (χ2n) is 8.57. The average Bonchev–Trinajstić information content (AvgIpc) is 2.42. The number of hydrogen-bond acceptors (Lipinski definition) is 3. The van der Waals surface area contributed by atoms with E-state index in [4.69, 9.17) is 8.85 Å². The van der Waals surface area contributed by atoms with Crippen LogP contribution in [0, 0.1) is 11.3 Å². The van der Waals surface area contributed by atoms with Gasteiger partial charge >= 0.3 is 0 Å². The highest BCUT2D eigenvalue weighted by molar-refractivity contribution is 6.74. The van der Waals surface area contributed by atoms with Gasteiger partial charge in [0.2, 0.25) is 0 Å². The van der Waals surface area contributed by atoms with Gasteiger partial charge in [-0.2, -0.15) is 5.26 Å². The fraction of sp³-hybridized carbons (Fsp3) is 0.611. The standard InChI is InChI=1S/C18H31NO2Si2/c1-17(2,3)23(7,8)20-15-18(14-19,21-22(4,5)6)16-12-10-9-11-13-16/h9-13H,15H2,1-8H3/t18-/m0/s1. The normalized spacial score (nSPS) is 15.8. The summed E-state index contributed by atoms with van der Waals surface area (Å²) in [6, 6.07) is 12.2. The van der Waals surface area contributed by atoms with Crippen molar-refractivity contribution in [1.82, 2.24) is 0 Å². The smallest absolute Gasteiger partial charge is 0.192 e. The van der Waals surface area contributed by atoms with E-state index in [2.05, 4.69) is 59.6 Å². The van der Waals surface area contributed by atoms with Gasteiger partial charge in [0, 0.05) is 0 Å². The van der Waals surface area contributed by atoms with Gasteiger partial charge in [0.15, 0.2) is 22.2 Å². The molecule has 3 nitrogen and oxygen atoms in total. The van der Waals surface area contributed by atoms with Crippen LogP contribution in [0.15, 0.2) is 30.3 Å². The SMILES string of the molecule is CC(C)(C)[Si](C)(C)OC[C@](C#N)(O[Si](C)(C)C)c1ccccc1. The van der Waals surface area contributed by atoms with Crippen LogP contribution in [-0.4, -0.2) is 23.2 Å². The first-order valence-corrected chi connectivity index (χ1v) is 14.5. The van der Waals surface area contributed by atoms with Crippen molar-refractivity contribution in [1.29, 1.82) is 5.26 Å². The molecule has 0 amide bonds. The van der Waals surface area contributed by atoms with E-state index in [0.29, 0.717) is 0 Å². The summed E-state index contributed by atoms with van der Waals surface area (Å²) in [5.41, 5.74) is -0.148. The van der Waals surface area contributed by atoms with Crippen LogP contribution < -0.4 is 0 Å². The predicted octanol–water partition coefficient (Wildman–Crippen LogP) is 5.28. The number of benzene rings is 1. The van der Waals surface area contributed by atoms with Crippen LogP contribution in [0.2, 0.25) is 37.8 Å². The van der Waals surface area contributed by atoms with E-state index < -0.39 is 22.2 Å². The van der Waals surface area contributed by atoms with Gasteiger partial charge in [0.25, 0.3) is 0 Å². The first-order chi connectivity index (χ1) is 10.3. The number of nitriles is 1. The van der Waals surface area contributed by atoms with E-state index in [-0.39, 0.29) is 11.6 Å². The van der Waals surface area contributed by atoms with Crippen LogP contribution in [-0.2, 0) is 14.5 Å². The molecule has 0 aliphatic rings. The Kier molecular flexibility index (Phi) is 6.03. The molecule has 0 bridgehead atoms. The molecule has 0 radical (unpaired) electrons. The van der Waals surface area contributed by atoms with Gasteiger partial charge in [0.1, 0.15) is 6.07 Å². The van der Waals surface area contributed by atoms with Gasteiger partial charge in [-0.25, -0.2) is 0 Å².